The van der Waals surface area contributed by atoms with Crippen LogP contribution in [0.1, 0.15) is 24.8 Å². The number of sulfonamides is 1. The highest BCUT2D eigenvalue weighted by molar-refractivity contribution is 7.89. The Hall–Kier alpha value is -2.05. The summed E-state index contributed by atoms with van der Waals surface area (Å²) in [6.07, 6.45) is 5.66. The molecule has 1 unspecified atom stereocenters. The number of hydrogen-bond acceptors (Lipinski definition) is 4. The number of nitrogens with zero attached hydrogens (tertiary/aromatic N) is 2. The number of hydrogen-bond donors (Lipinski definition) is 0. The maximum Gasteiger partial charge on any atom is 0.243 e. The number of aromatic nitrogens is 1. The molecule has 1 aliphatic rings. The molecule has 1 fully saturated rings. The fraction of sp³-hybridized carbons (Fsp3) is 0.333. The Balaban J connectivity index is 1.72. The molecule has 1 aliphatic heterocycles. The van der Waals surface area contributed by atoms with Gasteiger partial charge in [-0.15, -0.1) is 0 Å². The molecule has 0 radical (unpaired) electrons. The van der Waals surface area contributed by atoms with E-state index < -0.39 is 16.1 Å². The molecule has 2 aromatic rings. The van der Waals surface area contributed by atoms with Crippen LogP contribution in [-0.2, 0) is 21.2 Å². The lowest BCUT2D eigenvalue weighted by molar-refractivity contribution is -0.122. The van der Waals surface area contributed by atoms with Gasteiger partial charge in [-0.2, -0.15) is 4.31 Å². The Kier molecular flexibility index (Phi) is 5.06. The van der Waals surface area contributed by atoms with Crippen LogP contribution in [0.15, 0.2) is 59.8 Å². The Labute approximate surface area is 142 Å². The molecule has 6 heteroatoms. The highest BCUT2D eigenvalue weighted by Gasteiger charge is 2.38. The summed E-state index contributed by atoms with van der Waals surface area (Å²) in [6.45, 7) is 0.406. The molecule has 5 nitrogen and oxygen atoms in total. The topological polar surface area (TPSA) is 67.3 Å². The van der Waals surface area contributed by atoms with E-state index in [2.05, 4.69) is 4.98 Å². The van der Waals surface area contributed by atoms with E-state index in [1.54, 1.807) is 42.7 Å². The van der Waals surface area contributed by atoms with E-state index in [0.29, 0.717) is 25.8 Å². The minimum atomic E-state index is -3.61. The van der Waals surface area contributed by atoms with E-state index in [-0.39, 0.29) is 10.7 Å². The predicted molar refractivity (Wildman–Crippen MR) is 90.9 cm³/mol. The molecule has 24 heavy (non-hydrogen) atoms. The van der Waals surface area contributed by atoms with Crippen molar-refractivity contribution in [2.45, 2.75) is 36.6 Å². The largest absolute Gasteiger partial charge is 0.298 e. The number of benzene rings is 1. The Morgan fingerprint density at radius 1 is 1.12 bits per heavy atom. The van der Waals surface area contributed by atoms with E-state index in [9.17, 15) is 13.2 Å². The Morgan fingerprint density at radius 2 is 1.83 bits per heavy atom. The van der Waals surface area contributed by atoms with E-state index in [4.69, 9.17) is 0 Å². The van der Waals surface area contributed by atoms with E-state index in [0.717, 1.165) is 12.0 Å². The summed E-state index contributed by atoms with van der Waals surface area (Å²) in [7, 11) is -3.61. The number of carbonyl (C=O) groups excluding carboxylic acids is 1. The fourth-order valence-electron chi connectivity index (χ4n) is 3.06. The zero-order chi connectivity index (χ0) is 17.0. The molecule has 1 aromatic carbocycles. The van der Waals surface area contributed by atoms with Crippen molar-refractivity contribution < 1.29 is 13.2 Å². The summed E-state index contributed by atoms with van der Waals surface area (Å²) >= 11 is 0. The van der Waals surface area contributed by atoms with Gasteiger partial charge in [-0.25, -0.2) is 8.42 Å². The highest BCUT2D eigenvalue weighted by Crippen LogP contribution is 2.27. The summed E-state index contributed by atoms with van der Waals surface area (Å²) in [5.41, 5.74) is 1.04. The van der Waals surface area contributed by atoms with Gasteiger partial charge < -0.3 is 0 Å². The van der Waals surface area contributed by atoms with E-state index in [1.807, 2.05) is 12.1 Å². The maximum atomic E-state index is 12.8. The van der Waals surface area contributed by atoms with Gasteiger partial charge in [0.25, 0.3) is 0 Å². The molecule has 0 spiro atoms. The SMILES string of the molecule is O=C(CCc1ccncc1)C1CCCN1S(=O)(=O)c1ccccc1. The van der Waals surface area contributed by atoms with Crippen molar-refractivity contribution in [2.24, 2.45) is 0 Å². The Bertz CT molecular complexity index is 792. The van der Waals surface area contributed by atoms with Crippen molar-refractivity contribution in [1.29, 1.82) is 0 Å². The van der Waals surface area contributed by atoms with Gasteiger partial charge in [0.15, 0.2) is 5.78 Å². The summed E-state index contributed by atoms with van der Waals surface area (Å²) in [5.74, 6) is -0.0104. The van der Waals surface area contributed by atoms with Gasteiger partial charge in [0.2, 0.25) is 10.0 Å². The quantitative estimate of drug-likeness (QED) is 0.807. The van der Waals surface area contributed by atoms with Gasteiger partial charge in [0.05, 0.1) is 10.9 Å². The molecule has 3 rings (SSSR count). The average Bonchev–Trinajstić information content (AvgIpc) is 3.12. The van der Waals surface area contributed by atoms with Crippen LogP contribution in [0.25, 0.3) is 0 Å². The number of pyridine rings is 1. The van der Waals surface area contributed by atoms with Gasteiger partial charge in [-0.05, 0) is 49.1 Å². The maximum absolute atomic E-state index is 12.8. The molecule has 0 saturated carbocycles. The lowest BCUT2D eigenvalue weighted by Crippen LogP contribution is -2.40. The second kappa shape index (κ2) is 7.23. The lowest BCUT2D eigenvalue weighted by Gasteiger charge is -2.23. The minimum Gasteiger partial charge on any atom is -0.298 e. The summed E-state index contributed by atoms with van der Waals surface area (Å²) < 4.78 is 27.0. The Morgan fingerprint density at radius 3 is 2.54 bits per heavy atom. The van der Waals surface area contributed by atoms with Crippen molar-refractivity contribution in [3.63, 3.8) is 0 Å². The van der Waals surface area contributed by atoms with Gasteiger partial charge in [0, 0.05) is 25.4 Å². The molecule has 2 heterocycles. The zero-order valence-corrected chi connectivity index (χ0v) is 14.2. The van der Waals surface area contributed by atoms with Gasteiger partial charge >= 0.3 is 0 Å². The number of rotatable bonds is 6. The van der Waals surface area contributed by atoms with Gasteiger partial charge in [-0.3, -0.25) is 9.78 Å². The van der Waals surface area contributed by atoms with Crippen LogP contribution in [0.2, 0.25) is 0 Å². The van der Waals surface area contributed by atoms with Crippen LogP contribution >= 0.6 is 0 Å². The molecule has 0 amide bonds. The van der Waals surface area contributed by atoms with Crippen LogP contribution in [0.4, 0.5) is 0 Å². The van der Waals surface area contributed by atoms with Crippen LogP contribution in [0.5, 0.6) is 0 Å². The first-order valence-electron chi connectivity index (χ1n) is 8.07. The molecule has 1 atom stereocenters. The molecular weight excluding hydrogens is 324 g/mol. The number of carbonyl (C=O) groups is 1. The molecule has 0 N–H and O–H groups in total. The zero-order valence-electron chi connectivity index (χ0n) is 13.3. The summed E-state index contributed by atoms with van der Waals surface area (Å²) in [4.78, 5) is 16.8. The number of Topliss-reactive ketones (excluding diaryl/α,β-unsaturated/α-hetero) is 1. The van der Waals surface area contributed by atoms with Gasteiger partial charge in [0.1, 0.15) is 0 Å². The van der Waals surface area contributed by atoms with Gasteiger partial charge in [-0.1, -0.05) is 18.2 Å². The molecule has 1 aromatic heterocycles. The third kappa shape index (κ3) is 3.55. The monoisotopic (exact) mass is 344 g/mol. The smallest absolute Gasteiger partial charge is 0.243 e. The van der Waals surface area contributed by atoms with Crippen molar-refractivity contribution in [2.75, 3.05) is 6.54 Å². The third-order valence-corrected chi connectivity index (χ3v) is 6.26. The van der Waals surface area contributed by atoms with Crippen LogP contribution < -0.4 is 0 Å². The second-order valence-electron chi connectivity index (χ2n) is 5.91. The molecular formula is C18H20N2O3S. The summed E-state index contributed by atoms with van der Waals surface area (Å²) in [6, 6.07) is 11.5. The molecule has 0 aliphatic carbocycles. The van der Waals surface area contributed by atoms with Crippen LogP contribution in [-0.4, -0.2) is 36.1 Å². The third-order valence-electron chi connectivity index (χ3n) is 4.33. The van der Waals surface area contributed by atoms with Crippen molar-refractivity contribution in [3.05, 3.63) is 60.4 Å². The van der Waals surface area contributed by atoms with E-state index in [1.165, 1.54) is 4.31 Å². The average molecular weight is 344 g/mol. The minimum absolute atomic E-state index is 0.0104. The summed E-state index contributed by atoms with van der Waals surface area (Å²) in [5, 5.41) is 0. The molecule has 126 valence electrons. The second-order valence-corrected chi connectivity index (χ2v) is 7.80. The van der Waals surface area contributed by atoms with Crippen LogP contribution in [0, 0.1) is 0 Å². The van der Waals surface area contributed by atoms with Crippen molar-refractivity contribution in [1.82, 2.24) is 9.29 Å². The van der Waals surface area contributed by atoms with Crippen LogP contribution in [0.3, 0.4) is 0 Å². The first-order chi connectivity index (χ1) is 11.6. The van der Waals surface area contributed by atoms with Crippen molar-refractivity contribution in [3.8, 4) is 0 Å². The standard InChI is InChI=1S/C18H20N2O3S/c21-18(9-8-15-10-12-19-13-11-15)17-7-4-14-20(17)24(22,23)16-5-2-1-3-6-16/h1-3,5-6,10-13,17H,4,7-9,14H2. The molecule has 0 bridgehead atoms. The molecule has 1 saturated heterocycles. The lowest BCUT2D eigenvalue weighted by atomic mass is 10.0. The first-order valence-corrected chi connectivity index (χ1v) is 9.51. The predicted octanol–water partition coefficient (Wildman–Crippen LogP) is 2.44. The van der Waals surface area contributed by atoms with E-state index >= 15 is 0 Å². The highest BCUT2D eigenvalue weighted by atomic mass is 32.2. The van der Waals surface area contributed by atoms with Crippen molar-refractivity contribution >= 4 is 15.8 Å². The number of ketones is 1. The first kappa shape index (κ1) is 16.8. The fourth-order valence-corrected chi connectivity index (χ4v) is 4.76. The number of aryl methyl sites for hydroxylation is 1. The normalized spacial score (nSPS) is 18.6.